The van der Waals surface area contributed by atoms with Crippen LogP contribution >= 0.6 is 0 Å². The Hall–Kier alpha value is -0.160. The fraction of sp³-hybridized carbons (Fsp3) is 1.00. The first kappa shape index (κ1) is 23.5. The van der Waals surface area contributed by atoms with Crippen molar-refractivity contribution in [1.29, 1.82) is 0 Å². The molecule has 4 nitrogen and oxygen atoms in total. The first-order chi connectivity index (χ1) is 13.9. The van der Waals surface area contributed by atoms with Gasteiger partial charge in [0, 0.05) is 13.2 Å². The molecule has 0 aromatic rings. The standard InChI is InChI=1S/C10H18O.C8H14O.C7H14O2/c1-7(2)8-4-5-10(3)9(6-8)11-10;1-2-6-3-4-7-8(5-6)9-7;1-2-4-8-5-3-7-6-9-7/h7-9H,4-6H2,1-3H3;6-8H,2-5H2,1H3;7H,2-6H2,1H3. The molecule has 0 bridgehead atoms. The van der Waals surface area contributed by atoms with Crippen molar-refractivity contribution in [1.82, 2.24) is 0 Å². The molecule has 0 radical (unpaired) electrons. The predicted molar refractivity (Wildman–Crippen MR) is 117 cm³/mol. The Bertz CT molecular complexity index is 477. The maximum absolute atomic E-state index is 5.65. The van der Waals surface area contributed by atoms with Crippen LogP contribution in [0, 0.1) is 17.8 Å². The minimum absolute atomic E-state index is 0.311. The summed E-state index contributed by atoms with van der Waals surface area (Å²) in [4.78, 5) is 0. The second-order valence-corrected chi connectivity index (χ2v) is 10.4. The SMILES string of the molecule is CC(C)C1CCC2(C)OC2C1.CCC1CCC2OC2C1.CCCOCCC1CO1. The third-order valence-corrected chi connectivity index (χ3v) is 7.53. The Morgan fingerprint density at radius 3 is 2.41 bits per heavy atom. The van der Waals surface area contributed by atoms with E-state index in [0.29, 0.717) is 30.0 Å². The summed E-state index contributed by atoms with van der Waals surface area (Å²) in [6, 6.07) is 0. The van der Waals surface area contributed by atoms with Gasteiger partial charge in [0.15, 0.2) is 0 Å². The molecule has 2 saturated carbocycles. The smallest absolute Gasteiger partial charge is 0.0920 e. The van der Waals surface area contributed by atoms with Gasteiger partial charge in [0.1, 0.15) is 0 Å². The zero-order valence-electron chi connectivity index (χ0n) is 19.7. The highest BCUT2D eigenvalue weighted by Gasteiger charge is 2.55. The molecule has 29 heavy (non-hydrogen) atoms. The lowest BCUT2D eigenvalue weighted by Gasteiger charge is -2.25. The number of hydrogen-bond donors (Lipinski definition) is 0. The van der Waals surface area contributed by atoms with E-state index in [1.807, 2.05) is 0 Å². The largest absolute Gasteiger partial charge is 0.381 e. The van der Waals surface area contributed by atoms with Crippen LogP contribution in [0.3, 0.4) is 0 Å². The number of epoxide rings is 3. The van der Waals surface area contributed by atoms with Crippen molar-refractivity contribution >= 4 is 0 Å². The van der Waals surface area contributed by atoms with Crippen LogP contribution in [0.25, 0.3) is 0 Å². The number of rotatable bonds is 7. The Balaban J connectivity index is 0.000000125. The second-order valence-electron chi connectivity index (χ2n) is 10.4. The normalized spacial score (nSPS) is 41.2. The molecule has 0 aromatic heterocycles. The monoisotopic (exact) mass is 410 g/mol. The van der Waals surface area contributed by atoms with Gasteiger partial charge in [0.05, 0.1) is 36.6 Å². The molecule has 0 amide bonds. The quantitative estimate of drug-likeness (QED) is 0.395. The average molecular weight is 411 g/mol. The second kappa shape index (κ2) is 10.9. The van der Waals surface area contributed by atoms with Gasteiger partial charge in [0.25, 0.3) is 0 Å². The summed E-state index contributed by atoms with van der Waals surface area (Å²) in [6.07, 6.45) is 14.2. The van der Waals surface area contributed by atoms with E-state index in [1.165, 1.54) is 44.9 Å². The van der Waals surface area contributed by atoms with Crippen LogP contribution in [0.15, 0.2) is 0 Å². The van der Waals surface area contributed by atoms with Crippen LogP contribution in [0.5, 0.6) is 0 Å². The molecule has 3 heterocycles. The summed E-state index contributed by atoms with van der Waals surface area (Å²) in [6.45, 7) is 14.0. The molecule has 7 unspecified atom stereocenters. The van der Waals surface area contributed by atoms with Gasteiger partial charge >= 0.3 is 0 Å². The first-order valence-corrected chi connectivity index (χ1v) is 12.5. The summed E-state index contributed by atoms with van der Waals surface area (Å²) >= 11 is 0. The molecule has 5 fully saturated rings. The van der Waals surface area contributed by atoms with E-state index in [0.717, 1.165) is 50.4 Å². The molecule has 7 atom stereocenters. The van der Waals surface area contributed by atoms with E-state index >= 15 is 0 Å². The number of fused-ring (bicyclic) bond motifs is 2. The van der Waals surface area contributed by atoms with Crippen LogP contribution in [0.4, 0.5) is 0 Å². The molecule has 4 heteroatoms. The Kier molecular flexibility index (Phi) is 8.86. The molecular formula is C25H46O4. The average Bonchev–Trinajstić information content (AvgIpc) is 3.59. The van der Waals surface area contributed by atoms with Gasteiger partial charge in [-0.2, -0.15) is 0 Å². The van der Waals surface area contributed by atoms with Crippen molar-refractivity contribution in [2.45, 2.75) is 122 Å². The molecule has 0 aromatic carbocycles. The van der Waals surface area contributed by atoms with Crippen molar-refractivity contribution < 1.29 is 18.9 Å². The predicted octanol–water partition coefficient (Wildman–Crippen LogP) is 5.77. The maximum atomic E-state index is 5.65. The van der Waals surface area contributed by atoms with Crippen molar-refractivity contribution in [3.05, 3.63) is 0 Å². The Morgan fingerprint density at radius 1 is 1.03 bits per heavy atom. The molecule has 0 spiro atoms. The highest BCUT2D eigenvalue weighted by Crippen LogP contribution is 2.50. The lowest BCUT2D eigenvalue weighted by Crippen LogP contribution is -2.24. The zero-order valence-corrected chi connectivity index (χ0v) is 19.7. The topological polar surface area (TPSA) is 46.8 Å². The lowest BCUT2D eigenvalue weighted by molar-refractivity contribution is 0.126. The van der Waals surface area contributed by atoms with Crippen LogP contribution in [0.2, 0.25) is 0 Å². The van der Waals surface area contributed by atoms with Gasteiger partial charge in [-0.15, -0.1) is 0 Å². The third-order valence-electron chi connectivity index (χ3n) is 7.53. The zero-order chi connectivity index (χ0) is 20.9. The van der Waals surface area contributed by atoms with Crippen LogP contribution in [-0.4, -0.2) is 49.8 Å². The van der Waals surface area contributed by atoms with Crippen molar-refractivity contribution in [3.8, 4) is 0 Å². The van der Waals surface area contributed by atoms with Gasteiger partial charge in [-0.05, 0) is 76.0 Å². The van der Waals surface area contributed by atoms with Gasteiger partial charge in [-0.25, -0.2) is 0 Å². The maximum Gasteiger partial charge on any atom is 0.0920 e. The Labute approximate surface area is 179 Å². The molecule has 0 N–H and O–H groups in total. The molecule has 5 aliphatic rings. The summed E-state index contributed by atoms with van der Waals surface area (Å²) in [5.41, 5.74) is 0.311. The summed E-state index contributed by atoms with van der Waals surface area (Å²) in [7, 11) is 0. The van der Waals surface area contributed by atoms with E-state index in [-0.39, 0.29) is 0 Å². The minimum atomic E-state index is 0.311. The van der Waals surface area contributed by atoms with E-state index in [4.69, 9.17) is 18.9 Å². The van der Waals surface area contributed by atoms with Crippen molar-refractivity contribution in [3.63, 3.8) is 0 Å². The fourth-order valence-electron chi connectivity index (χ4n) is 4.83. The van der Waals surface area contributed by atoms with Gasteiger partial charge < -0.3 is 18.9 Å². The summed E-state index contributed by atoms with van der Waals surface area (Å²) in [5.74, 6) is 2.76. The molecule has 2 aliphatic carbocycles. The fourth-order valence-corrected chi connectivity index (χ4v) is 4.83. The van der Waals surface area contributed by atoms with Gasteiger partial charge in [0.2, 0.25) is 0 Å². The van der Waals surface area contributed by atoms with E-state index < -0.39 is 0 Å². The first-order valence-electron chi connectivity index (χ1n) is 12.5. The third kappa shape index (κ3) is 7.79. The Morgan fingerprint density at radius 2 is 1.83 bits per heavy atom. The lowest BCUT2D eigenvalue weighted by atomic mass is 9.78. The van der Waals surface area contributed by atoms with Crippen LogP contribution in [-0.2, 0) is 18.9 Å². The molecule has 170 valence electrons. The molecule has 5 rings (SSSR count). The van der Waals surface area contributed by atoms with E-state index in [9.17, 15) is 0 Å². The summed E-state index contributed by atoms with van der Waals surface area (Å²) in [5, 5.41) is 0. The van der Waals surface area contributed by atoms with Gasteiger partial charge in [-0.3, -0.25) is 0 Å². The highest BCUT2D eigenvalue weighted by atomic mass is 16.6. The van der Waals surface area contributed by atoms with Crippen LogP contribution < -0.4 is 0 Å². The number of ether oxygens (including phenoxy) is 4. The van der Waals surface area contributed by atoms with Crippen molar-refractivity contribution in [2.75, 3.05) is 19.8 Å². The van der Waals surface area contributed by atoms with Crippen LogP contribution in [0.1, 0.15) is 92.4 Å². The summed E-state index contributed by atoms with van der Waals surface area (Å²) < 4.78 is 21.3. The molecule has 3 saturated heterocycles. The molecule has 3 aliphatic heterocycles. The van der Waals surface area contributed by atoms with Crippen molar-refractivity contribution in [2.24, 2.45) is 17.8 Å². The van der Waals surface area contributed by atoms with E-state index in [1.54, 1.807) is 0 Å². The van der Waals surface area contributed by atoms with Gasteiger partial charge in [-0.1, -0.05) is 34.1 Å². The highest BCUT2D eigenvalue weighted by molar-refractivity contribution is 5.03. The molecular weight excluding hydrogens is 364 g/mol. The number of hydrogen-bond acceptors (Lipinski definition) is 4. The van der Waals surface area contributed by atoms with E-state index in [2.05, 4.69) is 34.6 Å². The minimum Gasteiger partial charge on any atom is -0.381 e.